The van der Waals surface area contributed by atoms with E-state index in [4.69, 9.17) is 80.2 Å². The van der Waals surface area contributed by atoms with Crippen LogP contribution < -0.4 is 0 Å². The maximum Gasteiger partial charge on any atom is 0.278 e. The summed E-state index contributed by atoms with van der Waals surface area (Å²) in [5.41, 5.74) is 0. The van der Waals surface area contributed by atoms with Crippen LogP contribution in [0.4, 0.5) is 0 Å². The van der Waals surface area contributed by atoms with E-state index in [2.05, 4.69) is 0 Å². The highest BCUT2D eigenvalue weighted by atomic mass is 35.7. The molecule has 0 aliphatic heterocycles. The van der Waals surface area contributed by atoms with Gasteiger partial charge < -0.3 is 0 Å². The molecule has 0 N–H and O–H groups in total. The minimum atomic E-state index is -2.43. The Morgan fingerprint density at radius 3 is 1.10 bits per heavy atom. The van der Waals surface area contributed by atoms with Gasteiger partial charge >= 0.3 is 0 Å². The summed E-state index contributed by atoms with van der Waals surface area (Å²) in [6.07, 6.45) is 0. The van der Waals surface area contributed by atoms with Gasteiger partial charge in [-0.2, -0.15) is 0 Å². The lowest BCUT2D eigenvalue weighted by atomic mass is 10.9. The zero-order chi connectivity index (χ0) is 8.58. The summed E-state index contributed by atoms with van der Waals surface area (Å²) in [7, 11) is -2.43. The third-order valence-electron chi connectivity index (χ3n) is 0.652. The fourth-order valence-corrected chi connectivity index (χ4v) is 3.34. The second kappa shape index (κ2) is 3.97. The molecule has 0 aromatic carbocycles. The summed E-state index contributed by atoms with van der Waals surface area (Å²) in [5, 5.41) is 0. The van der Waals surface area contributed by atoms with E-state index >= 15 is 0 Å². The predicted molar refractivity (Wildman–Crippen MR) is 53.6 cm³/mol. The fraction of sp³-hybridized carbons (Fsp3) is 1.00. The Labute approximate surface area is 94.6 Å². The average molecular weight is 301 g/mol. The zero-order valence-corrected chi connectivity index (χ0v) is 10.7. The molecule has 8 heteroatoms. The summed E-state index contributed by atoms with van der Waals surface area (Å²) >= 11 is 38.0. The van der Waals surface area contributed by atoms with Crippen LogP contribution in [0.1, 0.15) is 0 Å². The largest absolute Gasteiger partial charge is 0.278 e. The highest BCUT2D eigenvalue weighted by molar-refractivity contribution is 7.39. The first-order chi connectivity index (χ1) is 4.19. The molecular weight excluding hydrogens is 300 g/mol. The van der Waals surface area contributed by atoms with Gasteiger partial charge in [-0.15, -0.1) is 22.2 Å². The molecule has 0 nitrogen and oxygen atoms in total. The van der Waals surface area contributed by atoms with Crippen molar-refractivity contribution in [1.82, 2.24) is 0 Å². The van der Waals surface area contributed by atoms with Crippen molar-refractivity contribution in [2.45, 2.75) is 7.75 Å². The molecule has 0 amide bonds. The second-order valence-electron chi connectivity index (χ2n) is 1.42. The van der Waals surface area contributed by atoms with Crippen molar-refractivity contribution in [1.29, 1.82) is 0 Å². The van der Waals surface area contributed by atoms with Gasteiger partial charge in [0.05, 0.1) is 0 Å². The minimum Gasteiger partial charge on any atom is -0.147 e. The maximum absolute atomic E-state index is 5.51. The molecule has 0 aromatic rings. The monoisotopic (exact) mass is 298 g/mol. The molecule has 0 saturated heterocycles. The molecule has 10 heavy (non-hydrogen) atoms. The molecule has 0 unspecified atom stereocenters. The van der Waals surface area contributed by atoms with E-state index in [1.165, 1.54) is 0 Å². The highest BCUT2D eigenvalue weighted by Gasteiger charge is 2.51. The number of halogens is 7. The van der Waals surface area contributed by atoms with Crippen LogP contribution in [-0.2, 0) is 0 Å². The predicted octanol–water partition coefficient (Wildman–Crippen LogP) is 3.77. The SMILES string of the molecule is Cl[SiH](Cl)C(Cl)(Cl)C(Cl)(Cl)Cl. The summed E-state index contributed by atoms with van der Waals surface area (Å²) in [5.74, 6) is 0. The van der Waals surface area contributed by atoms with Crippen LogP contribution >= 0.6 is 80.2 Å². The second-order valence-corrected chi connectivity index (χ2v) is 10.6. The molecule has 0 saturated carbocycles. The van der Waals surface area contributed by atoms with Gasteiger partial charge in [0.15, 0.2) is 3.96 Å². The van der Waals surface area contributed by atoms with E-state index in [-0.39, 0.29) is 0 Å². The van der Waals surface area contributed by atoms with E-state index in [0.717, 1.165) is 0 Å². The van der Waals surface area contributed by atoms with Crippen LogP contribution in [0.2, 0.25) is 0 Å². The third kappa shape index (κ3) is 2.95. The number of hydrogen-bond donors (Lipinski definition) is 0. The van der Waals surface area contributed by atoms with Gasteiger partial charge in [0.1, 0.15) is 0 Å². The Bertz CT molecular complexity index is 113. The lowest BCUT2D eigenvalue weighted by Gasteiger charge is -2.26. The first kappa shape index (κ1) is 12.2. The van der Waals surface area contributed by atoms with Crippen LogP contribution in [0.5, 0.6) is 0 Å². The molecular formula is C2HCl7Si. The Morgan fingerprint density at radius 2 is 1.10 bits per heavy atom. The molecule has 0 spiro atoms. The van der Waals surface area contributed by atoms with Gasteiger partial charge in [-0.1, -0.05) is 58.0 Å². The molecule has 0 rings (SSSR count). The van der Waals surface area contributed by atoms with Gasteiger partial charge in [-0.3, -0.25) is 0 Å². The van der Waals surface area contributed by atoms with Gasteiger partial charge in [0.2, 0.25) is 3.79 Å². The van der Waals surface area contributed by atoms with Gasteiger partial charge in [-0.05, 0) is 0 Å². The molecule has 0 bridgehead atoms. The standard InChI is InChI=1S/C2HCl7Si/c3-1(4,5)2(6,7)10(8)9/h10H. The van der Waals surface area contributed by atoms with Crippen molar-refractivity contribution in [3.05, 3.63) is 0 Å². The van der Waals surface area contributed by atoms with Crippen LogP contribution in [0.25, 0.3) is 0 Å². The minimum absolute atomic E-state index is 1.65. The fourth-order valence-electron chi connectivity index (χ4n) is 0.124. The van der Waals surface area contributed by atoms with Crippen molar-refractivity contribution < 1.29 is 0 Å². The van der Waals surface area contributed by atoms with Crippen molar-refractivity contribution >= 4 is 87.6 Å². The maximum atomic E-state index is 5.51. The zero-order valence-electron chi connectivity index (χ0n) is 4.22. The lowest BCUT2D eigenvalue weighted by molar-refractivity contribution is 1.09. The third-order valence-corrected chi connectivity index (χ3v) is 8.84. The quantitative estimate of drug-likeness (QED) is 0.393. The van der Waals surface area contributed by atoms with Crippen LogP contribution in [-0.4, -0.2) is 15.2 Å². The Balaban J connectivity index is 4.40. The highest BCUT2D eigenvalue weighted by Crippen LogP contribution is 2.48. The van der Waals surface area contributed by atoms with Crippen molar-refractivity contribution in [2.24, 2.45) is 0 Å². The Hall–Kier alpha value is 2.25. The molecule has 0 aromatic heterocycles. The van der Waals surface area contributed by atoms with E-state index in [9.17, 15) is 0 Å². The van der Waals surface area contributed by atoms with Gasteiger partial charge in [0, 0.05) is 0 Å². The summed E-state index contributed by atoms with van der Waals surface area (Å²) in [6, 6.07) is 0. The number of rotatable bonds is 1. The Kier molecular flexibility index (Phi) is 4.86. The van der Waals surface area contributed by atoms with Crippen molar-refractivity contribution in [3.8, 4) is 0 Å². The average Bonchev–Trinajstić information content (AvgIpc) is 1.62. The first-order valence-electron chi connectivity index (χ1n) is 1.92. The van der Waals surface area contributed by atoms with Crippen LogP contribution in [0.15, 0.2) is 0 Å². The topological polar surface area (TPSA) is 0 Å². The number of hydrogen-bond acceptors (Lipinski definition) is 0. The first-order valence-corrected chi connectivity index (χ1v) is 7.88. The summed E-state index contributed by atoms with van der Waals surface area (Å²) in [4.78, 5) is 0. The van der Waals surface area contributed by atoms with E-state index < -0.39 is 15.2 Å². The molecule has 0 aliphatic rings. The van der Waals surface area contributed by atoms with E-state index in [1.807, 2.05) is 0 Å². The van der Waals surface area contributed by atoms with Crippen LogP contribution in [0, 0.1) is 0 Å². The smallest absolute Gasteiger partial charge is 0.147 e. The van der Waals surface area contributed by atoms with Gasteiger partial charge in [-0.25, -0.2) is 0 Å². The molecule has 0 heterocycles. The van der Waals surface area contributed by atoms with Crippen LogP contribution in [0.3, 0.4) is 0 Å². The normalized spacial score (nSPS) is 14.4. The van der Waals surface area contributed by atoms with Crippen molar-refractivity contribution in [2.75, 3.05) is 0 Å². The molecule has 0 fully saturated rings. The molecule has 0 atom stereocenters. The number of alkyl halides is 5. The summed E-state index contributed by atoms with van der Waals surface area (Å²) < 4.78 is -3.49. The molecule has 0 aliphatic carbocycles. The lowest BCUT2D eigenvalue weighted by Crippen LogP contribution is -2.40. The molecule has 62 valence electrons. The molecule has 0 radical (unpaired) electrons. The van der Waals surface area contributed by atoms with E-state index in [0.29, 0.717) is 0 Å². The van der Waals surface area contributed by atoms with E-state index in [1.54, 1.807) is 0 Å². The Morgan fingerprint density at radius 1 is 0.800 bits per heavy atom. The summed E-state index contributed by atoms with van der Waals surface area (Å²) in [6.45, 7) is 0. The van der Waals surface area contributed by atoms with Crippen molar-refractivity contribution in [3.63, 3.8) is 0 Å². The van der Waals surface area contributed by atoms with Gasteiger partial charge in [0.25, 0.3) is 7.42 Å².